The molecule has 2 aliphatic rings. The van der Waals surface area contributed by atoms with Crippen LogP contribution in [0, 0.1) is 5.92 Å². The second kappa shape index (κ2) is 13.9. The molecule has 3 heterocycles. The molecule has 0 spiro atoms. The zero-order valence-corrected chi connectivity index (χ0v) is 28.3. The first-order valence-electron chi connectivity index (χ1n) is 16.2. The van der Waals surface area contributed by atoms with E-state index in [9.17, 15) is 9.90 Å². The summed E-state index contributed by atoms with van der Waals surface area (Å²) >= 11 is 0. The van der Waals surface area contributed by atoms with Crippen LogP contribution in [0.3, 0.4) is 0 Å². The van der Waals surface area contributed by atoms with E-state index in [1.54, 1.807) is 24.9 Å². The highest BCUT2D eigenvalue weighted by molar-refractivity contribution is 6.72. The van der Waals surface area contributed by atoms with E-state index in [0.717, 1.165) is 22.4 Å². The van der Waals surface area contributed by atoms with Crippen LogP contribution in [-0.4, -0.2) is 59.9 Å². The highest BCUT2D eigenvalue weighted by Crippen LogP contribution is 2.48. The fourth-order valence-electron chi connectivity index (χ4n) is 6.90. The van der Waals surface area contributed by atoms with Crippen molar-refractivity contribution < 1.29 is 23.5 Å². The molecule has 0 fully saturated rings. The summed E-state index contributed by atoms with van der Waals surface area (Å²) in [5, 5.41) is 25.0. The topological polar surface area (TPSA) is 102 Å². The van der Waals surface area contributed by atoms with Crippen LogP contribution in [0.25, 0.3) is 0 Å². The Morgan fingerprint density at radius 2 is 1.79 bits per heavy atom. The third kappa shape index (κ3) is 6.93. The van der Waals surface area contributed by atoms with E-state index in [4.69, 9.17) is 14.6 Å². The van der Waals surface area contributed by atoms with Gasteiger partial charge in [0, 0.05) is 49.7 Å². The summed E-state index contributed by atoms with van der Waals surface area (Å²) in [6.07, 6.45) is 2.50. The number of anilines is 1. The molecular weight excluding hydrogens is 614 g/mol. The number of aliphatic hydroxyl groups excluding tert-OH is 1. The number of ether oxygens (including phenoxy) is 2. The van der Waals surface area contributed by atoms with Gasteiger partial charge in [0.15, 0.2) is 0 Å². The number of benzene rings is 3. The number of rotatable bonds is 11. The van der Waals surface area contributed by atoms with Gasteiger partial charge < -0.3 is 18.7 Å². The van der Waals surface area contributed by atoms with Crippen molar-refractivity contribution in [3.05, 3.63) is 107 Å². The van der Waals surface area contributed by atoms with Gasteiger partial charge in [-0.15, -0.1) is 5.10 Å². The molecule has 2 aliphatic heterocycles. The first kappa shape index (κ1) is 32.7. The van der Waals surface area contributed by atoms with Gasteiger partial charge in [-0.1, -0.05) is 72.8 Å². The monoisotopic (exact) mass is 655 g/mol. The molecule has 1 N–H and O–H groups in total. The number of hydrogen-bond donors (Lipinski definition) is 1. The predicted molar refractivity (Wildman–Crippen MR) is 182 cm³/mol. The molecule has 9 nitrogen and oxygen atoms in total. The molecule has 4 aromatic rings. The number of aliphatic hydroxyl groups is 1. The summed E-state index contributed by atoms with van der Waals surface area (Å²) in [7, 11) is -1.59. The summed E-state index contributed by atoms with van der Waals surface area (Å²) < 4.78 is 30.6. The zero-order chi connectivity index (χ0) is 33.1. The van der Waals surface area contributed by atoms with E-state index < -0.39 is 14.5 Å². The first-order valence-corrected chi connectivity index (χ1v) is 19.2. The van der Waals surface area contributed by atoms with Crippen LogP contribution in [0.15, 0.2) is 90.2 Å². The van der Waals surface area contributed by atoms with Crippen LogP contribution in [0.1, 0.15) is 60.6 Å². The number of fused-ring (bicyclic) bond motifs is 1. The quantitative estimate of drug-likeness (QED) is 0.143. The van der Waals surface area contributed by atoms with E-state index in [-0.39, 0.29) is 36.0 Å². The lowest BCUT2D eigenvalue weighted by Crippen LogP contribution is -2.46. The van der Waals surface area contributed by atoms with Crippen LogP contribution in [0.2, 0.25) is 18.6 Å². The number of hydrazone groups is 1. The molecule has 1 amide bonds. The molecule has 0 aliphatic carbocycles. The maximum absolute atomic E-state index is 16.1. The third-order valence-corrected chi connectivity index (χ3v) is 11.8. The average molecular weight is 656 g/mol. The van der Waals surface area contributed by atoms with E-state index in [2.05, 4.69) is 10.3 Å². The zero-order valence-electron chi connectivity index (χ0n) is 27.3. The van der Waals surface area contributed by atoms with Gasteiger partial charge in [0.25, 0.3) is 0 Å². The number of amides is 1. The van der Waals surface area contributed by atoms with Crippen LogP contribution >= 0.6 is 0 Å². The first-order chi connectivity index (χ1) is 22.7. The summed E-state index contributed by atoms with van der Waals surface area (Å²) in [4.78, 5) is 13.0. The number of nitrogens with zero attached hydrogens (tertiary/aromatic N) is 5. The van der Waals surface area contributed by atoms with E-state index in [0.29, 0.717) is 42.9 Å². The molecule has 0 radical (unpaired) electrons. The van der Waals surface area contributed by atoms with Gasteiger partial charge in [0.1, 0.15) is 11.9 Å². The lowest BCUT2D eigenvalue weighted by Gasteiger charge is -2.43. The van der Waals surface area contributed by atoms with Gasteiger partial charge in [-0.05, 0) is 48.8 Å². The largest absolute Gasteiger partial charge is 0.490 e. The molecule has 11 heteroatoms. The molecule has 0 bridgehead atoms. The summed E-state index contributed by atoms with van der Waals surface area (Å²) in [6.45, 7) is 5.86. The Morgan fingerprint density at radius 3 is 2.47 bits per heavy atom. The van der Waals surface area contributed by atoms with Crippen LogP contribution in [-0.2, 0) is 16.1 Å². The van der Waals surface area contributed by atoms with Crippen molar-refractivity contribution in [2.75, 3.05) is 18.7 Å². The number of carbonyl (C=O) groups excluding carboxylic acids is 1. The maximum Gasteiger partial charge on any atom is 0.247 e. The third-order valence-electron chi connectivity index (χ3n) is 9.44. The summed E-state index contributed by atoms with van der Waals surface area (Å²) in [6, 6.07) is 25.2. The number of methoxy groups -OCH3 is 1. The standard InChI is InChI=1S/C36H42FN5O4Si/c1-24-35(45-2)28-21-27(42-34(44)18-16-30(39-42)26-13-9-6-10-14-26)15-17-32(28)46-36(24)33(47(3,4)37)19-20-41-22-31(38-40-41)29(23-43)25-11-7-5-8-12-25/h5-15,17,21-22,24,29,33,35-36,43H,16,18-20,23H2,1-4H3/t24-,29?,33?,35-,36-/m1/s1. The smallest absolute Gasteiger partial charge is 0.247 e. The summed E-state index contributed by atoms with van der Waals surface area (Å²) in [5.74, 6) is 0.102. The number of aryl methyl sites for hydroxylation is 1. The van der Waals surface area contributed by atoms with Gasteiger partial charge in [-0.2, -0.15) is 5.10 Å². The van der Waals surface area contributed by atoms with Gasteiger partial charge >= 0.3 is 0 Å². The van der Waals surface area contributed by atoms with Crippen molar-refractivity contribution in [3.63, 3.8) is 0 Å². The second-order valence-electron chi connectivity index (χ2n) is 13.0. The van der Waals surface area contributed by atoms with Gasteiger partial charge in [-0.25, -0.2) is 5.01 Å². The molecular formula is C36H42FN5O4Si. The van der Waals surface area contributed by atoms with Crippen LogP contribution in [0.4, 0.5) is 9.80 Å². The van der Waals surface area contributed by atoms with Crippen LogP contribution in [0.5, 0.6) is 5.75 Å². The fourth-order valence-corrected chi connectivity index (χ4v) is 8.86. The Balaban J connectivity index is 1.23. The lowest BCUT2D eigenvalue weighted by molar-refractivity contribution is -0.118. The molecule has 1 aromatic heterocycles. The molecule has 6 rings (SSSR count). The second-order valence-corrected chi connectivity index (χ2v) is 16.8. The highest BCUT2D eigenvalue weighted by atomic mass is 28.4. The predicted octanol–water partition coefficient (Wildman–Crippen LogP) is 6.65. The van der Waals surface area contributed by atoms with Crippen molar-refractivity contribution in [3.8, 4) is 5.75 Å². The Bertz CT molecular complexity index is 1710. The van der Waals surface area contributed by atoms with E-state index in [1.807, 2.05) is 92.0 Å². The number of halogens is 1. The minimum atomic E-state index is -3.25. The number of carbonyl (C=O) groups is 1. The lowest BCUT2D eigenvalue weighted by atomic mass is 9.86. The molecule has 3 aromatic carbocycles. The molecule has 0 saturated carbocycles. The Morgan fingerprint density at radius 1 is 1.06 bits per heavy atom. The maximum atomic E-state index is 16.1. The van der Waals surface area contributed by atoms with Gasteiger partial charge in [-0.3, -0.25) is 9.48 Å². The normalized spacial score (nSPS) is 21.1. The van der Waals surface area contributed by atoms with Gasteiger partial charge in [0.2, 0.25) is 14.3 Å². The van der Waals surface area contributed by atoms with Crippen molar-refractivity contribution in [2.24, 2.45) is 11.0 Å². The molecule has 5 atom stereocenters. The minimum absolute atomic E-state index is 0.0724. The van der Waals surface area contributed by atoms with Crippen molar-refractivity contribution in [1.82, 2.24) is 15.0 Å². The Labute approximate surface area is 276 Å². The number of aromatic nitrogens is 3. The number of hydrogen-bond acceptors (Lipinski definition) is 7. The van der Waals surface area contributed by atoms with Crippen molar-refractivity contribution in [1.29, 1.82) is 0 Å². The SMILES string of the molecule is CO[C@H]1c2cc(N3N=C(c4ccccc4)CCC3=O)ccc2O[C@@H](C(CCn2cc(C(CO)c3ccccc3)nn2)[Si](C)(C)F)[C@@H]1C. The van der Waals surface area contributed by atoms with Crippen LogP contribution < -0.4 is 9.75 Å². The molecule has 2 unspecified atom stereocenters. The minimum Gasteiger partial charge on any atom is -0.490 e. The Hall–Kier alpha value is -4.19. The molecule has 0 saturated heterocycles. The van der Waals surface area contributed by atoms with Crippen molar-refractivity contribution in [2.45, 2.75) is 69.5 Å². The summed E-state index contributed by atoms with van der Waals surface area (Å²) in [5.41, 5.74) is 4.59. The molecule has 246 valence electrons. The van der Waals surface area contributed by atoms with E-state index in [1.165, 1.54) is 5.01 Å². The fraction of sp³-hybridized carbons (Fsp3) is 0.389. The van der Waals surface area contributed by atoms with Gasteiger partial charge in [0.05, 0.1) is 35.7 Å². The molecule has 47 heavy (non-hydrogen) atoms. The van der Waals surface area contributed by atoms with Crippen molar-refractivity contribution >= 4 is 25.7 Å². The van der Waals surface area contributed by atoms with E-state index >= 15 is 4.11 Å². The average Bonchev–Trinajstić information content (AvgIpc) is 3.54. The Kier molecular flexibility index (Phi) is 9.67. The highest BCUT2D eigenvalue weighted by Gasteiger charge is 2.47.